The van der Waals surface area contributed by atoms with Crippen molar-refractivity contribution in [2.75, 3.05) is 0 Å². The van der Waals surface area contributed by atoms with Crippen LogP contribution in [0.15, 0.2) is 66.9 Å². The molecule has 3 nitrogen and oxygen atoms in total. The Morgan fingerprint density at radius 3 is 2.54 bits per heavy atom. The number of benzene rings is 2. The predicted octanol–water partition coefficient (Wildman–Crippen LogP) is 6.14. The Morgan fingerprint density at radius 2 is 1.77 bits per heavy atom. The normalized spacial score (nSPS) is 14.5. The molecule has 0 radical (unpaired) electrons. The largest absolute Gasteiger partial charge is 0.269 e. The van der Waals surface area contributed by atoms with Crippen LogP contribution in [0.25, 0.3) is 33.4 Å². The summed E-state index contributed by atoms with van der Waals surface area (Å²) in [6.07, 6.45) is 5.79. The van der Waals surface area contributed by atoms with Gasteiger partial charge in [-0.15, -0.1) is 0 Å². The van der Waals surface area contributed by atoms with Gasteiger partial charge in [0.1, 0.15) is 0 Å². The van der Waals surface area contributed by atoms with Crippen molar-refractivity contribution in [3.05, 3.63) is 71.9 Å². The third-order valence-electron chi connectivity index (χ3n) is 5.18. The van der Waals surface area contributed by atoms with Gasteiger partial charge in [-0.1, -0.05) is 48.0 Å². The lowest BCUT2D eigenvalue weighted by Gasteiger charge is -2.25. The molecule has 2 aromatic carbocycles. The Kier molecular flexibility index (Phi) is 3.75. The number of fused-ring (bicyclic) bond motifs is 1. The van der Waals surface area contributed by atoms with E-state index in [1.54, 1.807) is 0 Å². The molecule has 4 heteroatoms. The molecule has 1 saturated carbocycles. The fourth-order valence-electron chi connectivity index (χ4n) is 3.45. The van der Waals surface area contributed by atoms with E-state index in [0.29, 0.717) is 11.1 Å². The van der Waals surface area contributed by atoms with Gasteiger partial charge < -0.3 is 0 Å². The lowest BCUT2D eigenvalue weighted by molar-refractivity contribution is 0.290. The molecule has 0 spiro atoms. The van der Waals surface area contributed by atoms with Crippen LogP contribution >= 0.6 is 11.6 Å². The van der Waals surface area contributed by atoms with E-state index in [9.17, 15) is 0 Å². The number of hydrogen-bond acceptors (Lipinski definition) is 2. The zero-order valence-corrected chi connectivity index (χ0v) is 15.0. The lowest BCUT2D eigenvalue weighted by atomic mass is 9.93. The van der Waals surface area contributed by atoms with Crippen molar-refractivity contribution in [1.29, 1.82) is 0 Å². The Balaban J connectivity index is 1.59. The maximum atomic E-state index is 6.55. The molecule has 0 aliphatic heterocycles. The Labute approximate surface area is 157 Å². The smallest absolute Gasteiger partial charge is 0.0939 e. The van der Waals surface area contributed by atoms with Crippen LogP contribution in [0.2, 0.25) is 5.02 Å². The maximum absolute atomic E-state index is 6.55. The molecule has 1 aliphatic rings. The van der Waals surface area contributed by atoms with Crippen LogP contribution in [0.1, 0.15) is 25.3 Å². The average molecular weight is 360 g/mol. The number of hydrogen-bond donors (Lipinski definition) is 0. The van der Waals surface area contributed by atoms with Gasteiger partial charge in [-0.2, -0.15) is 5.10 Å². The number of nitrogens with zero attached hydrogens (tertiary/aromatic N) is 3. The molecule has 5 rings (SSSR count). The van der Waals surface area contributed by atoms with E-state index in [4.69, 9.17) is 21.7 Å². The molecule has 0 atom stereocenters. The van der Waals surface area contributed by atoms with Crippen LogP contribution in [0.4, 0.5) is 0 Å². The molecule has 0 saturated heterocycles. The standard InChI is InChI=1S/C22H18ClN3/c23-19-13-16-9-10-20(15-5-2-1-3-6-15)24-22(16)14-18(19)21-11-12-26(25-21)17-7-4-8-17/h1-3,5-6,9-14,17H,4,7-8H2. The second-order valence-electron chi connectivity index (χ2n) is 6.85. The van der Waals surface area contributed by atoms with Gasteiger partial charge in [-0.05, 0) is 43.5 Å². The van der Waals surface area contributed by atoms with Gasteiger partial charge >= 0.3 is 0 Å². The Bertz CT molecular complexity index is 1080. The van der Waals surface area contributed by atoms with Gasteiger partial charge in [-0.25, -0.2) is 4.98 Å². The minimum Gasteiger partial charge on any atom is -0.269 e. The molecular weight excluding hydrogens is 342 g/mol. The van der Waals surface area contributed by atoms with Crippen LogP contribution < -0.4 is 0 Å². The van der Waals surface area contributed by atoms with Crippen molar-refractivity contribution in [3.63, 3.8) is 0 Å². The van der Waals surface area contributed by atoms with Crippen molar-refractivity contribution < 1.29 is 0 Å². The van der Waals surface area contributed by atoms with Gasteiger partial charge in [-0.3, -0.25) is 4.68 Å². The number of halogens is 1. The molecular formula is C22H18ClN3. The monoisotopic (exact) mass is 359 g/mol. The first-order chi connectivity index (χ1) is 12.8. The molecule has 0 bridgehead atoms. The van der Waals surface area contributed by atoms with E-state index in [0.717, 1.165) is 33.4 Å². The van der Waals surface area contributed by atoms with E-state index < -0.39 is 0 Å². The SMILES string of the molecule is Clc1cc2ccc(-c3ccccc3)nc2cc1-c1ccn(C2CCC2)n1. The highest BCUT2D eigenvalue weighted by atomic mass is 35.5. The molecule has 0 amide bonds. The highest BCUT2D eigenvalue weighted by molar-refractivity contribution is 6.34. The zero-order valence-electron chi connectivity index (χ0n) is 14.3. The first-order valence-corrected chi connectivity index (χ1v) is 9.37. The molecule has 4 aromatic rings. The molecule has 2 heterocycles. The summed E-state index contributed by atoms with van der Waals surface area (Å²) in [6, 6.07) is 21.0. The van der Waals surface area contributed by atoms with Gasteiger partial charge in [0.05, 0.1) is 28.0 Å². The lowest BCUT2D eigenvalue weighted by Crippen LogP contribution is -2.17. The summed E-state index contributed by atoms with van der Waals surface area (Å²) < 4.78 is 2.08. The minimum absolute atomic E-state index is 0.547. The quantitative estimate of drug-likeness (QED) is 0.439. The summed E-state index contributed by atoms with van der Waals surface area (Å²) in [5, 5.41) is 6.51. The third-order valence-corrected chi connectivity index (χ3v) is 5.49. The molecule has 1 aliphatic carbocycles. The van der Waals surface area contributed by atoms with Crippen molar-refractivity contribution in [2.24, 2.45) is 0 Å². The molecule has 1 fully saturated rings. The van der Waals surface area contributed by atoms with Crippen LogP contribution in [0, 0.1) is 0 Å². The number of pyridine rings is 1. The highest BCUT2D eigenvalue weighted by Crippen LogP contribution is 2.35. The minimum atomic E-state index is 0.547. The topological polar surface area (TPSA) is 30.7 Å². The van der Waals surface area contributed by atoms with Gasteiger partial charge in [0.15, 0.2) is 0 Å². The summed E-state index contributed by atoms with van der Waals surface area (Å²) in [7, 11) is 0. The van der Waals surface area contributed by atoms with Gasteiger partial charge in [0.25, 0.3) is 0 Å². The molecule has 26 heavy (non-hydrogen) atoms. The summed E-state index contributed by atoms with van der Waals surface area (Å²) in [6.45, 7) is 0. The van der Waals surface area contributed by atoms with E-state index >= 15 is 0 Å². The Morgan fingerprint density at radius 1 is 0.923 bits per heavy atom. The molecule has 0 unspecified atom stereocenters. The van der Waals surface area contributed by atoms with Crippen LogP contribution in [-0.4, -0.2) is 14.8 Å². The predicted molar refractivity (Wildman–Crippen MR) is 106 cm³/mol. The molecule has 128 valence electrons. The van der Waals surface area contributed by atoms with E-state index in [1.165, 1.54) is 19.3 Å². The van der Waals surface area contributed by atoms with Crippen molar-refractivity contribution in [2.45, 2.75) is 25.3 Å². The second kappa shape index (κ2) is 6.26. The van der Waals surface area contributed by atoms with Crippen molar-refractivity contribution in [3.8, 4) is 22.5 Å². The van der Waals surface area contributed by atoms with Crippen molar-refractivity contribution >= 4 is 22.5 Å². The summed E-state index contributed by atoms with van der Waals surface area (Å²) in [5.74, 6) is 0. The highest BCUT2D eigenvalue weighted by Gasteiger charge is 2.20. The van der Waals surface area contributed by atoms with Crippen LogP contribution in [-0.2, 0) is 0 Å². The second-order valence-corrected chi connectivity index (χ2v) is 7.26. The number of aromatic nitrogens is 3. The van der Waals surface area contributed by atoms with E-state index in [2.05, 4.69) is 35.1 Å². The average Bonchev–Trinajstić information content (AvgIpc) is 3.09. The Hall–Kier alpha value is -2.65. The number of rotatable bonds is 3. The van der Waals surface area contributed by atoms with Crippen LogP contribution in [0.5, 0.6) is 0 Å². The molecule has 0 N–H and O–H groups in total. The zero-order chi connectivity index (χ0) is 17.5. The third kappa shape index (κ3) is 2.69. The van der Waals surface area contributed by atoms with Crippen molar-refractivity contribution in [1.82, 2.24) is 14.8 Å². The fourth-order valence-corrected chi connectivity index (χ4v) is 3.71. The van der Waals surface area contributed by atoms with E-state index in [1.807, 2.05) is 36.4 Å². The fraction of sp³-hybridized carbons (Fsp3) is 0.182. The summed E-state index contributed by atoms with van der Waals surface area (Å²) >= 11 is 6.55. The van der Waals surface area contributed by atoms with Crippen LogP contribution in [0.3, 0.4) is 0 Å². The van der Waals surface area contributed by atoms with Gasteiger partial charge in [0, 0.05) is 22.7 Å². The first-order valence-electron chi connectivity index (χ1n) is 8.99. The van der Waals surface area contributed by atoms with Gasteiger partial charge in [0.2, 0.25) is 0 Å². The summed E-state index contributed by atoms with van der Waals surface area (Å²) in [5.41, 5.74) is 4.86. The van der Waals surface area contributed by atoms with E-state index in [-0.39, 0.29) is 0 Å². The maximum Gasteiger partial charge on any atom is 0.0939 e. The first kappa shape index (κ1) is 15.6. The summed E-state index contributed by atoms with van der Waals surface area (Å²) in [4.78, 5) is 4.85. The molecule has 2 aromatic heterocycles.